The topological polar surface area (TPSA) is 0 Å². The molecule has 0 bridgehead atoms. The summed E-state index contributed by atoms with van der Waals surface area (Å²) >= 11 is 6.95. The summed E-state index contributed by atoms with van der Waals surface area (Å²) in [6, 6.07) is 30.5. The summed E-state index contributed by atoms with van der Waals surface area (Å²) in [5.41, 5.74) is 0. The normalized spacial score (nSPS) is 10.3. The molecule has 0 saturated carbocycles. The first-order valence-electron chi connectivity index (χ1n) is 6.85. The fourth-order valence-corrected chi connectivity index (χ4v) is 3.18. The summed E-state index contributed by atoms with van der Waals surface area (Å²) in [6.45, 7) is 0. The second kappa shape index (κ2) is 7.08. The van der Waals surface area contributed by atoms with Crippen molar-refractivity contribution < 1.29 is 0 Å². The van der Waals surface area contributed by atoms with Gasteiger partial charge in [0.15, 0.2) is 0 Å². The van der Waals surface area contributed by atoms with Crippen molar-refractivity contribution in [3.8, 4) is 0 Å². The molecular formula is C20H12Br2. The second-order valence-electron chi connectivity index (χ2n) is 4.74. The van der Waals surface area contributed by atoms with Crippen molar-refractivity contribution in [1.29, 1.82) is 0 Å². The Morgan fingerprint density at radius 2 is 0.955 bits per heavy atom. The molecule has 0 fully saturated rings. The molecule has 0 aliphatic carbocycles. The van der Waals surface area contributed by atoms with Gasteiger partial charge in [0, 0.05) is 8.95 Å². The van der Waals surface area contributed by atoms with E-state index in [1.807, 2.05) is 48.5 Å². The number of hydrogen-bond donors (Lipinski definition) is 0. The quantitative estimate of drug-likeness (QED) is 0.298. The van der Waals surface area contributed by atoms with Crippen LogP contribution in [-0.4, -0.2) is 0 Å². The molecule has 0 aromatic heterocycles. The Labute approximate surface area is 147 Å². The zero-order valence-electron chi connectivity index (χ0n) is 11.7. The third kappa shape index (κ3) is 3.40. The molecule has 0 unspecified atom stereocenters. The summed E-state index contributed by atoms with van der Waals surface area (Å²) in [5, 5.41) is 4.74. The molecule has 0 nitrogen and oxygen atoms in total. The molecule has 4 rings (SSSR count). The van der Waals surface area contributed by atoms with Gasteiger partial charge in [0.2, 0.25) is 0 Å². The van der Waals surface area contributed by atoms with Crippen LogP contribution in [0.3, 0.4) is 0 Å². The molecule has 2 heteroatoms. The Hall–Kier alpha value is -1.64. The van der Waals surface area contributed by atoms with Gasteiger partial charge in [-0.15, -0.1) is 0 Å². The van der Waals surface area contributed by atoms with Crippen molar-refractivity contribution in [2.24, 2.45) is 0 Å². The highest BCUT2D eigenvalue weighted by Gasteiger charge is 1.95. The lowest BCUT2D eigenvalue weighted by Crippen LogP contribution is -1.71. The third-order valence-electron chi connectivity index (χ3n) is 3.31. The summed E-state index contributed by atoms with van der Waals surface area (Å²) < 4.78 is 2.26. The third-order valence-corrected chi connectivity index (χ3v) is 4.69. The van der Waals surface area contributed by atoms with E-state index in [-0.39, 0.29) is 0 Å². The van der Waals surface area contributed by atoms with Gasteiger partial charge in [-0.25, -0.2) is 0 Å². The maximum Gasteiger partial charge on any atom is 0.0254 e. The van der Waals surface area contributed by atoms with Gasteiger partial charge in [-0.3, -0.25) is 0 Å². The molecule has 0 saturated heterocycles. The molecule has 0 spiro atoms. The van der Waals surface area contributed by atoms with Crippen LogP contribution >= 0.6 is 31.9 Å². The lowest BCUT2D eigenvalue weighted by molar-refractivity contribution is 1.70. The molecule has 0 heterocycles. The van der Waals surface area contributed by atoms with Gasteiger partial charge in [-0.1, -0.05) is 92.5 Å². The Morgan fingerprint density at radius 1 is 0.545 bits per heavy atom. The Bertz CT molecular complexity index is 825. The number of benzene rings is 4. The molecule has 0 aliphatic rings. The summed E-state index contributed by atoms with van der Waals surface area (Å²) in [7, 11) is 0. The Kier molecular flexibility index (Phi) is 4.91. The first-order chi connectivity index (χ1) is 10.8. The molecule has 0 aliphatic heterocycles. The van der Waals surface area contributed by atoms with Crippen LogP contribution in [0.1, 0.15) is 0 Å². The van der Waals surface area contributed by atoms with Crippen LogP contribution in [0.5, 0.6) is 0 Å². The molecular weight excluding hydrogens is 400 g/mol. The Morgan fingerprint density at radius 3 is 1.36 bits per heavy atom. The van der Waals surface area contributed by atoms with Gasteiger partial charge in [0.25, 0.3) is 0 Å². The van der Waals surface area contributed by atoms with Crippen LogP contribution in [0, 0.1) is 12.1 Å². The van der Waals surface area contributed by atoms with Crippen molar-refractivity contribution in [2.75, 3.05) is 0 Å². The summed E-state index contributed by atoms with van der Waals surface area (Å²) in [4.78, 5) is 0. The highest BCUT2D eigenvalue weighted by Crippen LogP contribution is 2.23. The number of fused-ring (bicyclic) bond motifs is 2. The van der Waals surface area contributed by atoms with Gasteiger partial charge in [-0.2, -0.15) is 0 Å². The van der Waals surface area contributed by atoms with Gasteiger partial charge >= 0.3 is 0 Å². The zero-order valence-corrected chi connectivity index (χ0v) is 14.9. The van der Waals surface area contributed by atoms with Crippen LogP contribution in [0.15, 0.2) is 81.7 Å². The summed E-state index contributed by atoms with van der Waals surface area (Å²) in [5.74, 6) is 0. The van der Waals surface area contributed by atoms with Crippen molar-refractivity contribution in [2.45, 2.75) is 0 Å². The van der Waals surface area contributed by atoms with E-state index in [4.69, 9.17) is 0 Å². The van der Waals surface area contributed by atoms with Crippen LogP contribution in [0.4, 0.5) is 0 Å². The molecule has 0 N–H and O–H groups in total. The average molecular weight is 412 g/mol. The van der Waals surface area contributed by atoms with E-state index in [1.54, 1.807) is 0 Å². The maximum absolute atomic E-state index is 3.48. The standard InChI is InChI=1S/2C10H6Br/c2*11-10-7-3-5-8-4-1-2-6-9(8)10/h2*1-4,6-7H. The predicted octanol–water partition coefficient (Wildman–Crippen LogP) is 6.80. The van der Waals surface area contributed by atoms with Gasteiger partial charge < -0.3 is 0 Å². The number of hydrogen-bond acceptors (Lipinski definition) is 0. The second-order valence-corrected chi connectivity index (χ2v) is 6.45. The van der Waals surface area contributed by atoms with Crippen molar-refractivity contribution in [3.63, 3.8) is 0 Å². The fourth-order valence-electron chi connectivity index (χ4n) is 2.22. The minimum absolute atomic E-state index is 1.13. The van der Waals surface area contributed by atoms with E-state index in [9.17, 15) is 0 Å². The van der Waals surface area contributed by atoms with E-state index in [0.717, 1.165) is 19.7 Å². The van der Waals surface area contributed by atoms with E-state index in [0.29, 0.717) is 0 Å². The first-order valence-corrected chi connectivity index (χ1v) is 8.44. The largest absolute Gasteiger partial charge is 0.0616 e. The van der Waals surface area contributed by atoms with Gasteiger partial charge in [0.05, 0.1) is 0 Å². The zero-order chi connectivity index (χ0) is 15.4. The molecule has 4 aromatic rings. The molecule has 2 radical (unpaired) electrons. The maximum atomic E-state index is 3.48. The molecule has 106 valence electrons. The molecule has 22 heavy (non-hydrogen) atoms. The fraction of sp³-hybridized carbons (Fsp3) is 0. The average Bonchev–Trinajstić information content (AvgIpc) is 2.57. The van der Waals surface area contributed by atoms with Crippen LogP contribution in [-0.2, 0) is 0 Å². The van der Waals surface area contributed by atoms with Crippen molar-refractivity contribution >= 4 is 53.4 Å². The minimum Gasteiger partial charge on any atom is -0.0616 e. The van der Waals surface area contributed by atoms with Crippen LogP contribution < -0.4 is 0 Å². The summed E-state index contributed by atoms with van der Waals surface area (Å²) in [6.07, 6.45) is 0. The Balaban J connectivity index is 0.000000131. The monoisotopic (exact) mass is 410 g/mol. The van der Waals surface area contributed by atoms with Crippen molar-refractivity contribution in [1.82, 2.24) is 0 Å². The van der Waals surface area contributed by atoms with Gasteiger partial charge in [0.1, 0.15) is 0 Å². The van der Waals surface area contributed by atoms with Gasteiger partial charge in [-0.05, 0) is 45.8 Å². The van der Waals surface area contributed by atoms with E-state index in [2.05, 4.69) is 68.3 Å². The minimum atomic E-state index is 1.13. The highest BCUT2D eigenvalue weighted by molar-refractivity contribution is 9.11. The lowest BCUT2D eigenvalue weighted by atomic mass is 10.1. The highest BCUT2D eigenvalue weighted by atomic mass is 79.9. The number of halogens is 2. The predicted molar refractivity (Wildman–Crippen MR) is 101 cm³/mol. The van der Waals surface area contributed by atoms with E-state index < -0.39 is 0 Å². The van der Waals surface area contributed by atoms with E-state index in [1.165, 1.54) is 10.8 Å². The number of rotatable bonds is 0. The van der Waals surface area contributed by atoms with Crippen molar-refractivity contribution in [3.05, 3.63) is 93.9 Å². The molecule has 4 aromatic carbocycles. The lowest BCUT2D eigenvalue weighted by Gasteiger charge is -1.96. The molecule has 0 atom stereocenters. The van der Waals surface area contributed by atoms with Crippen LogP contribution in [0.2, 0.25) is 0 Å². The van der Waals surface area contributed by atoms with E-state index >= 15 is 0 Å². The smallest absolute Gasteiger partial charge is 0.0254 e. The molecule has 0 amide bonds. The first kappa shape index (κ1) is 15.3. The van der Waals surface area contributed by atoms with Crippen LogP contribution in [0.25, 0.3) is 21.5 Å². The SMILES string of the molecule is Brc1cc[c]c2ccccc12.Brc1cc[c]c2ccccc12.